The zero-order valence-corrected chi connectivity index (χ0v) is 10.3. The van der Waals surface area contributed by atoms with Crippen molar-refractivity contribution in [3.63, 3.8) is 0 Å². The molecule has 0 aliphatic carbocycles. The number of aromatic nitrogens is 2. The highest BCUT2D eigenvalue weighted by Crippen LogP contribution is 2.30. The number of benzene rings is 1. The molecule has 0 atom stereocenters. The van der Waals surface area contributed by atoms with Crippen LogP contribution in [0.5, 0.6) is 0 Å². The van der Waals surface area contributed by atoms with Gasteiger partial charge in [-0.1, -0.05) is 12.1 Å². The fourth-order valence-electron chi connectivity index (χ4n) is 1.60. The summed E-state index contributed by atoms with van der Waals surface area (Å²) in [5, 5.41) is 0. The average molecular weight is 286 g/mol. The molecule has 2 N–H and O–H groups in total. The monoisotopic (exact) mass is 286 g/mol. The molecule has 0 amide bonds. The maximum atomic E-state index is 13.6. The van der Waals surface area contributed by atoms with Crippen molar-refractivity contribution in [3.05, 3.63) is 42.0 Å². The van der Waals surface area contributed by atoms with Crippen molar-refractivity contribution in [2.24, 2.45) is 0 Å². The molecule has 0 radical (unpaired) electrons. The Kier molecular flexibility index (Phi) is 3.47. The number of nitrogens with two attached hydrogens (primary N) is 1. The zero-order valence-electron chi connectivity index (χ0n) is 10.3. The van der Waals surface area contributed by atoms with Crippen molar-refractivity contribution in [3.8, 4) is 0 Å². The molecule has 2 rings (SSSR count). The van der Waals surface area contributed by atoms with E-state index in [0.717, 1.165) is 6.07 Å². The molecule has 0 aliphatic heterocycles. The fraction of sp³-hybridized carbons (Fsp3) is 0.167. The topological polar surface area (TPSA) is 55.0 Å². The molecule has 0 unspecified atom stereocenters. The Bertz CT molecular complexity index is 627. The van der Waals surface area contributed by atoms with Crippen molar-refractivity contribution in [2.75, 3.05) is 17.7 Å². The molecule has 0 fully saturated rings. The molecule has 20 heavy (non-hydrogen) atoms. The van der Waals surface area contributed by atoms with E-state index < -0.39 is 17.8 Å². The lowest BCUT2D eigenvalue weighted by Gasteiger charge is -2.20. The van der Waals surface area contributed by atoms with Gasteiger partial charge in [0.25, 0.3) is 0 Å². The quantitative estimate of drug-likeness (QED) is 0.862. The Hall–Kier alpha value is -2.38. The number of alkyl halides is 3. The van der Waals surface area contributed by atoms with Crippen LogP contribution < -0.4 is 10.6 Å². The standard InChI is InChI=1S/C12H10F4N4/c1-20(8-5-3-2-4-7(8)13)10-6-9(17)18-11(19-10)12(14,15)16/h2-6H,1H3,(H2,17,18,19). The van der Waals surface area contributed by atoms with Crippen LogP contribution in [-0.4, -0.2) is 17.0 Å². The second-order valence-corrected chi connectivity index (χ2v) is 3.98. The number of anilines is 3. The molecule has 4 nitrogen and oxygen atoms in total. The Morgan fingerprint density at radius 2 is 1.80 bits per heavy atom. The van der Waals surface area contributed by atoms with Crippen LogP contribution in [0.4, 0.5) is 34.9 Å². The van der Waals surface area contributed by atoms with Crippen molar-refractivity contribution in [1.82, 2.24) is 9.97 Å². The van der Waals surface area contributed by atoms with E-state index in [-0.39, 0.29) is 17.3 Å². The Labute approximate surface area is 111 Å². The molecular weight excluding hydrogens is 276 g/mol. The van der Waals surface area contributed by atoms with E-state index in [1.165, 1.54) is 30.1 Å². The summed E-state index contributed by atoms with van der Waals surface area (Å²) in [6.07, 6.45) is -4.72. The first-order valence-corrected chi connectivity index (χ1v) is 5.49. The third kappa shape index (κ3) is 2.79. The largest absolute Gasteiger partial charge is 0.451 e. The summed E-state index contributed by atoms with van der Waals surface area (Å²) >= 11 is 0. The number of hydrogen-bond acceptors (Lipinski definition) is 4. The fourth-order valence-corrected chi connectivity index (χ4v) is 1.60. The lowest BCUT2D eigenvalue weighted by atomic mass is 10.3. The van der Waals surface area contributed by atoms with Gasteiger partial charge in [-0.15, -0.1) is 0 Å². The summed E-state index contributed by atoms with van der Waals surface area (Å²) in [5.41, 5.74) is 5.42. The molecule has 106 valence electrons. The lowest BCUT2D eigenvalue weighted by Crippen LogP contribution is -2.18. The highest BCUT2D eigenvalue weighted by Gasteiger charge is 2.35. The summed E-state index contributed by atoms with van der Waals surface area (Å²) < 4.78 is 51.5. The van der Waals surface area contributed by atoms with Crippen LogP contribution in [0.1, 0.15) is 5.82 Å². The Balaban J connectivity index is 2.48. The van der Waals surface area contributed by atoms with Crippen LogP contribution in [0, 0.1) is 5.82 Å². The minimum atomic E-state index is -4.72. The molecule has 0 aliphatic rings. The third-order valence-electron chi connectivity index (χ3n) is 2.54. The molecule has 2 aromatic rings. The van der Waals surface area contributed by atoms with Crippen molar-refractivity contribution < 1.29 is 17.6 Å². The molecule has 1 heterocycles. The van der Waals surface area contributed by atoms with Crippen LogP contribution in [0.2, 0.25) is 0 Å². The number of rotatable bonds is 2. The first-order valence-electron chi connectivity index (χ1n) is 5.49. The summed E-state index contributed by atoms with van der Waals surface area (Å²) in [6.45, 7) is 0. The first-order chi connectivity index (χ1) is 9.29. The maximum absolute atomic E-state index is 13.6. The van der Waals surface area contributed by atoms with Crippen molar-refractivity contribution in [2.45, 2.75) is 6.18 Å². The second kappa shape index (κ2) is 4.95. The second-order valence-electron chi connectivity index (χ2n) is 3.98. The molecule has 8 heteroatoms. The maximum Gasteiger partial charge on any atom is 0.451 e. The summed E-state index contributed by atoms with van der Waals surface area (Å²) in [4.78, 5) is 7.66. The van der Waals surface area contributed by atoms with E-state index in [1.54, 1.807) is 6.07 Å². The highest BCUT2D eigenvalue weighted by atomic mass is 19.4. The predicted molar refractivity (Wildman–Crippen MR) is 65.9 cm³/mol. The van der Waals surface area contributed by atoms with Gasteiger partial charge in [0, 0.05) is 13.1 Å². The van der Waals surface area contributed by atoms with Crippen LogP contribution in [-0.2, 0) is 6.18 Å². The highest BCUT2D eigenvalue weighted by molar-refractivity contribution is 5.61. The van der Waals surface area contributed by atoms with Gasteiger partial charge < -0.3 is 10.6 Å². The van der Waals surface area contributed by atoms with E-state index in [0.29, 0.717) is 0 Å². The molecular formula is C12H10F4N4. The third-order valence-corrected chi connectivity index (χ3v) is 2.54. The van der Waals surface area contributed by atoms with Gasteiger partial charge in [0.2, 0.25) is 5.82 Å². The molecule has 1 aromatic heterocycles. The van der Waals surface area contributed by atoms with Crippen molar-refractivity contribution >= 4 is 17.3 Å². The average Bonchev–Trinajstić information content (AvgIpc) is 2.37. The SMILES string of the molecule is CN(c1cc(N)nc(C(F)(F)F)n1)c1ccccc1F. The first kappa shape index (κ1) is 14.0. The minimum absolute atomic E-state index is 0.0822. The van der Waals surface area contributed by atoms with E-state index in [2.05, 4.69) is 9.97 Å². The molecule has 1 aromatic carbocycles. The lowest BCUT2D eigenvalue weighted by molar-refractivity contribution is -0.144. The number of nitrogens with zero attached hydrogens (tertiary/aromatic N) is 3. The van der Waals surface area contributed by atoms with Crippen LogP contribution in [0.25, 0.3) is 0 Å². The van der Waals surface area contributed by atoms with E-state index in [9.17, 15) is 17.6 Å². The van der Waals surface area contributed by atoms with Crippen LogP contribution in [0.3, 0.4) is 0 Å². The molecule has 0 bridgehead atoms. The summed E-state index contributed by atoms with van der Waals surface area (Å²) in [6, 6.07) is 6.79. The van der Waals surface area contributed by atoms with E-state index >= 15 is 0 Å². The van der Waals surface area contributed by atoms with Gasteiger partial charge >= 0.3 is 6.18 Å². The molecule has 0 saturated heterocycles. The van der Waals surface area contributed by atoms with Gasteiger partial charge in [-0.05, 0) is 12.1 Å². The van der Waals surface area contributed by atoms with Gasteiger partial charge in [0.15, 0.2) is 0 Å². The summed E-state index contributed by atoms with van der Waals surface area (Å²) in [7, 11) is 1.39. The van der Waals surface area contributed by atoms with Gasteiger partial charge in [0.1, 0.15) is 17.5 Å². The number of hydrogen-bond donors (Lipinski definition) is 1. The van der Waals surface area contributed by atoms with Gasteiger partial charge in [-0.2, -0.15) is 13.2 Å². The number of para-hydroxylation sites is 1. The van der Waals surface area contributed by atoms with Gasteiger partial charge in [-0.3, -0.25) is 0 Å². The van der Waals surface area contributed by atoms with Gasteiger partial charge in [-0.25, -0.2) is 14.4 Å². The Morgan fingerprint density at radius 3 is 2.40 bits per heavy atom. The molecule has 0 saturated carbocycles. The number of halogens is 4. The Morgan fingerprint density at radius 1 is 1.15 bits per heavy atom. The van der Waals surface area contributed by atoms with E-state index in [4.69, 9.17) is 5.73 Å². The molecule has 0 spiro atoms. The van der Waals surface area contributed by atoms with Crippen LogP contribution >= 0.6 is 0 Å². The number of nitrogen functional groups attached to an aromatic ring is 1. The van der Waals surface area contributed by atoms with Crippen LogP contribution in [0.15, 0.2) is 30.3 Å². The zero-order chi connectivity index (χ0) is 14.9. The summed E-state index contributed by atoms with van der Waals surface area (Å²) in [5.74, 6) is -2.43. The normalized spacial score (nSPS) is 11.4. The predicted octanol–water partition coefficient (Wildman–Crippen LogP) is 2.98. The smallest absolute Gasteiger partial charge is 0.384 e. The minimum Gasteiger partial charge on any atom is -0.384 e. The van der Waals surface area contributed by atoms with Gasteiger partial charge in [0.05, 0.1) is 5.69 Å². The van der Waals surface area contributed by atoms with E-state index in [1.807, 2.05) is 0 Å². The van der Waals surface area contributed by atoms with Crippen molar-refractivity contribution in [1.29, 1.82) is 0 Å².